The van der Waals surface area contributed by atoms with E-state index in [1.54, 1.807) is 31.7 Å². The highest BCUT2D eigenvalue weighted by Gasteiger charge is 2.23. The number of amides is 1. The number of rotatable bonds is 3. The summed E-state index contributed by atoms with van der Waals surface area (Å²) >= 11 is 6.16. The lowest BCUT2D eigenvalue weighted by molar-refractivity contribution is -0.130. The predicted octanol–water partition coefficient (Wildman–Crippen LogP) is 2.47. The molecule has 25 heavy (non-hydrogen) atoms. The minimum absolute atomic E-state index is 0.0164. The summed E-state index contributed by atoms with van der Waals surface area (Å²) in [6.45, 7) is 5.77. The van der Waals surface area contributed by atoms with Gasteiger partial charge < -0.3 is 14.0 Å². The topological polar surface area (TPSA) is 60.1 Å². The van der Waals surface area contributed by atoms with Crippen LogP contribution < -0.4 is 5.56 Å². The molecule has 2 aromatic rings. The molecule has 0 saturated carbocycles. The summed E-state index contributed by atoms with van der Waals surface area (Å²) in [5, 5.41) is 0.431. The van der Waals surface area contributed by atoms with E-state index < -0.39 is 0 Å². The van der Waals surface area contributed by atoms with E-state index in [2.05, 4.69) is 4.98 Å². The van der Waals surface area contributed by atoms with E-state index in [1.165, 1.54) is 0 Å². The number of halogens is 1. The third kappa shape index (κ3) is 3.79. The summed E-state index contributed by atoms with van der Waals surface area (Å²) in [5.41, 5.74) is 1.52. The third-order valence-corrected chi connectivity index (χ3v) is 4.97. The Morgan fingerprint density at radius 2 is 2.16 bits per heavy atom. The van der Waals surface area contributed by atoms with Gasteiger partial charge in [-0.2, -0.15) is 0 Å². The van der Waals surface area contributed by atoms with Crippen molar-refractivity contribution in [3.05, 3.63) is 39.5 Å². The smallest absolute Gasteiger partial charge is 0.253 e. The molecule has 1 fully saturated rings. The van der Waals surface area contributed by atoms with Gasteiger partial charge in [-0.25, -0.2) is 4.98 Å². The maximum atomic E-state index is 11.9. The zero-order valence-electron chi connectivity index (χ0n) is 14.8. The first kappa shape index (κ1) is 17.7. The van der Waals surface area contributed by atoms with Crippen LogP contribution in [0, 0.1) is 12.8 Å². The van der Waals surface area contributed by atoms with Gasteiger partial charge in [0.2, 0.25) is 5.91 Å². The molecule has 1 saturated heterocycles. The number of likely N-dealkylation sites (tertiary alicyclic amines) is 1. The van der Waals surface area contributed by atoms with Crippen molar-refractivity contribution < 1.29 is 4.79 Å². The fourth-order valence-electron chi connectivity index (χ4n) is 3.53. The summed E-state index contributed by atoms with van der Waals surface area (Å²) in [6, 6.07) is 1.85. The number of hydrogen-bond donors (Lipinski definition) is 0. The van der Waals surface area contributed by atoms with E-state index in [0.717, 1.165) is 43.9 Å². The molecule has 0 aliphatic carbocycles. The van der Waals surface area contributed by atoms with Crippen LogP contribution in [0.5, 0.6) is 0 Å². The van der Waals surface area contributed by atoms with Crippen LogP contribution in [0.2, 0.25) is 5.15 Å². The molecule has 1 aliphatic rings. The van der Waals surface area contributed by atoms with E-state index in [4.69, 9.17) is 11.6 Å². The lowest BCUT2D eigenvalue weighted by Crippen LogP contribution is -2.39. The molecule has 7 heteroatoms. The van der Waals surface area contributed by atoms with Gasteiger partial charge in [0.05, 0.1) is 0 Å². The number of aryl methyl sites for hydroxylation is 2. The number of imidazole rings is 1. The SMILES string of the molecule is CC(=O)N1CCC[C@H](Cn2cc(Cl)nc2-c2cc(C)c(=O)n(C)c2)C1. The highest BCUT2D eigenvalue weighted by molar-refractivity contribution is 6.29. The molecule has 134 valence electrons. The number of carbonyl (C=O) groups is 1. The van der Waals surface area contributed by atoms with E-state index in [1.807, 2.05) is 21.7 Å². The Kier molecular flexibility index (Phi) is 4.99. The van der Waals surface area contributed by atoms with Gasteiger partial charge >= 0.3 is 0 Å². The van der Waals surface area contributed by atoms with Crippen molar-refractivity contribution >= 4 is 17.5 Å². The molecule has 0 unspecified atom stereocenters. The van der Waals surface area contributed by atoms with Crippen LogP contribution in [-0.2, 0) is 18.4 Å². The van der Waals surface area contributed by atoms with E-state index in [-0.39, 0.29) is 11.5 Å². The van der Waals surface area contributed by atoms with Gasteiger partial charge in [0.15, 0.2) is 0 Å². The standard InChI is InChI=1S/C18H23ClN4O2/c1-12-7-15(10-21(3)18(12)25)17-20-16(19)11-23(17)9-14-5-4-6-22(8-14)13(2)24/h7,10-11,14H,4-6,8-9H2,1-3H3/t14-/m0/s1. The Balaban J connectivity index is 1.89. The molecule has 0 radical (unpaired) electrons. The predicted molar refractivity (Wildman–Crippen MR) is 97.6 cm³/mol. The minimum Gasteiger partial charge on any atom is -0.343 e. The van der Waals surface area contributed by atoms with Crippen molar-refractivity contribution in [1.82, 2.24) is 19.0 Å². The normalized spacial score (nSPS) is 17.8. The first-order valence-corrected chi connectivity index (χ1v) is 8.88. The van der Waals surface area contributed by atoms with Crippen LogP contribution in [0.25, 0.3) is 11.4 Å². The summed E-state index contributed by atoms with van der Waals surface area (Å²) in [5.74, 6) is 1.25. The summed E-state index contributed by atoms with van der Waals surface area (Å²) in [7, 11) is 1.74. The van der Waals surface area contributed by atoms with Gasteiger partial charge in [-0.1, -0.05) is 11.6 Å². The minimum atomic E-state index is -0.0164. The lowest BCUT2D eigenvalue weighted by atomic mass is 9.97. The second-order valence-electron chi connectivity index (χ2n) is 6.84. The molecule has 0 spiro atoms. The number of pyridine rings is 1. The fraction of sp³-hybridized carbons (Fsp3) is 0.500. The maximum Gasteiger partial charge on any atom is 0.253 e. The van der Waals surface area contributed by atoms with Gasteiger partial charge in [-0.3, -0.25) is 9.59 Å². The molecular weight excluding hydrogens is 340 g/mol. The highest BCUT2D eigenvalue weighted by Crippen LogP contribution is 2.25. The van der Waals surface area contributed by atoms with Gasteiger partial charge in [0.25, 0.3) is 5.56 Å². The van der Waals surface area contributed by atoms with Crippen molar-refractivity contribution in [3.63, 3.8) is 0 Å². The highest BCUT2D eigenvalue weighted by atomic mass is 35.5. The number of piperidine rings is 1. The summed E-state index contributed by atoms with van der Waals surface area (Å²) in [4.78, 5) is 29.9. The Morgan fingerprint density at radius 1 is 1.40 bits per heavy atom. The molecule has 1 amide bonds. The summed E-state index contributed by atoms with van der Waals surface area (Å²) < 4.78 is 3.60. The van der Waals surface area contributed by atoms with Gasteiger partial charge in [-0.05, 0) is 31.7 Å². The average Bonchev–Trinajstić information content (AvgIpc) is 2.92. The number of hydrogen-bond acceptors (Lipinski definition) is 3. The second kappa shape index (κ2) is 7.04. The number of carbonyl (C=O) groups excluding carboxylic acids is 1. The molecule has 1 aliphatic heterocycles. The monoisotopic (exact) mass is 362 g/mol. The zero-order valence-corrected chi connectivity index (χ0v) is 15.6. The molecule has 1 atom stereocenters. The van der Waals surface area contributed by atoms with Crippen LogP contribution >= 0.6 is 11.6 Å². The van der Waals surface area contributed by atoms with Crippen molar-refractivity contribution in [1.29, 1.82) is 0 Å². The molecular formula is C18H23ClN4O2. The second-order valence-corrected chi connectivity index (χ2v) is 7.23. The van der Waals surface area contributed by atoms with Crippen molar-refractivity contribution in [2.45, 2.75) is 33.2 Å². The molecule has 3 heterocycles. The molecule has 0 aromatic carbocycles. The molecule has 6 nitrogen and oxygen atoms in total. The first-order chi connectivity index (χ1) is 11.8. The van der Waals surface area contributed by atoms with Crippen LogP contribution in [0.15, 0.2) is 23.3 Å². The van der Waals surface area contributed by atoms with E-state index >= 15 is 0 Å². The largest absolute Gasteiger partial charge is 0.343 e. The Labute approximate surface area is 152 Å². The number of nitrogens with zero attached hydrogens (tertiary/aromatic N) is 4. The molecule has 3 rings (SSSR count). The lowest BCUT2D eigenvalue weighted by Gasteiger charge is -2.32. The quantitative estimate of drug-likeness (QED) is 0.842. The van der Waals surface area contributed by atoms with Crippen molar-refractivity contribution in [3.8, 4) is 11.4 Å². The van der Waals surface area contributed by atoms with Crippen LogP contribution in [0.4, 0.5) is 0 Å². The van der Waals surface area contributed by atoms with Gasteiger partial charge in [-0.15, -0.1) is 0 Å². The van der Waals surface area contributed by atoms with E-state index in [0.29, 0.717) is 16.6 Å². The van der Waals surface area contributed by atoms with Crippen molar-refractivity contribution in [2.75, 3.05) is 13.1 Å². The van der Waals surface area contributed by atoms with Gasteiger partial charge in [0, 0.05) is 57.1 Å². The molecule has 0 bridgehead atoms. The zero-order chi connectivity index (χ0) is 18.1. The Morgan fingerprint density at radius 3 is 2.84 bits per heavy atom. The fourth-order valence-corrected chi connectivity index (χ4v) is 3.73. The maximum absolute atomic E-state index is 11.9. The first-order valence-electron chi connectivity index (χ1n) is 8.51. The average molecular weight is 363 g/mol. The van der Waals surface area contributed by atoms with Crippen LogP contribution in [0.1, 0.15) is 25.3 Å². The molecule has 2 aromatic heterocycles. The Bertz CT molecular complexity index is 829. The molecule has 0 N–H and O–H groups in total. The Hall–Kier alpha value is -2.08. The number of aromatic nitrogens is 3. The van der Waals surface area contributed by atoms with Gasteiger partial charge in [0.1, 0.15) is 11.0 Å². The third-order valence-electron chi connectivity index (χ3n) is 4.79. The van der Waals surface area contributed by atoms with E-state index in [9.17, 15) is 9.59 Å². The van der Waals surface area contributed by atoms with Crippen LogP contribution in [-0.4, -0.2) is 38.0 Å². The van der Waals surface area contributed by atoms with Crippen LogP contribution in [0.3, 0.4) is 0 Å². The van der Waals surface area contributed by atoms with Crippen molar-refractivity contribution in [2.24, 2.45) is 13.0 Å². The summed E-state index contributed by atoms with van der Waals surface area (Å²) in [6.07, 6.45) is 5.70.